The van der Waals surface area contributed by atoms with Crippen LogP contribution < -0.4 is 5.32 Å². The van der Waals surface area contributed by atoms with Gasteiger partial charge in [-0.25, -0.2) is 0 Å². The third-order valence-corrected chi connectivity index (χ3v) is 1.63. The number of amides is 1. The van der Waals surface area contributed by atoms with Crippen molar-refractivity contribution in [1.29, 1.82) is 0 Å². The molecule has 3 heteroatoms. The number of terminal acetylenes is 1. The molecule has 0 spiro atoms. The predicted molar refractivity (Wildman–Crippen MR) is 54.8 cm³/mol. The molecule has 72 valence electrons. The Kier molecular flexibility index (Phi) is 3.57. The normalized spacial score (nSPS) is 9.07. The highest BCUT2D eigenvalue weighted by Gasteiger charge is 2.00. The first-order valence-electron chi connectivity index (χ1n) is 4.24. The Labute approximate surface area is 82.8 Å². The molecule has 2 N–H and O–H groups in total. The maximum absolute atomic E-state index is 11.2. The minimum Gasteiger partial charge on any atom is -0.508 e. The van der Waals surface area contributed by atoms with Gasteiger partial charge in [-0.05, 0) is 12.1 Å². The van der Waals surface area contributed by atoms with Crippen LogP contribution >= 0.6 is 0 Å². The van der Waals surface area contributed by atoms with Gasteiger partial charge >= 0.3 is 0 Å². The lowest BCUT2D eigenvalue weighted by atomic mass is 10.2. The van der Waals surface area contributed by atoms with Gasteiger partial charge in [-0.1, -0.05) is 6.07 Å². The van der Waals surface area contributed by atoms with E-state index in [-0.39, 0.29) is 11.7 Å². The molecule has 0 saturated heterocycles. The summed E-state index contributed by atoms with van der Waals surface area (Å²) in [4.78, 5) is 11.2. The van der Waals surface area contributed by atoms with Crippen molar-refractivity contribution in [2.45, 2.75) is 12.8 Å². The number of phenolic OH excluding ortho intramolecular Hbond substituents is 1. The lowest BCUT2D eigenvalue weighted by molar-refractivity contribution is -0.116. The molecule has 0 fully saturated rings. The molecule has 0 heterocycles. The van der Waals surface area contributed by atoms with Gasteiger partial charge in [-0.3, -0.25) is 4.79 Å². The number of rotatable bonds is 3. The largest absolute Gasteiger partial charge is 0.508 e. The maximum atomic E-state index is 11.2. The van der Waals surface area contributed by atoms with E-state index >= 15 is 0 Å². The fourth-order valence-corrected chi connectivity index (χ4v) is 0.993. The molecule has 0 aromatic heterocycles. The van der Waals surface area contributed by atoms with Gasteiger partial charge in [0.2, 0.25) is 5.91 Å². The Hall–Kier alpha value is -1.95. The van der Waals surface area contributed by atoms with Gasteiger partial charge in [0, 0.05) is 24.6 Å². The maximum Gasteiger partial charge on any atom is 0.225 e. The highest BCUT2D eigenvalue weighted by molar-refractivity contribution is 5.90. The molecule has 14 heavy (non-hydrogen) atoms. The van der Waals surface area contributed by atoms with Crippen LogP contribution in [0.15, 0.2) is 24.3 Å². The zero-order valence-electron chi connectivity index (χ0n) is 7.66. The van der Waals surface area contributed by atoms with Crippen molar-refractivity contribution < 1.29 is 9.90 Å². The molecule has 0 bridgehead atoms. The molecule has 0 saturated carbocycles. The number of carbonyl (C=O) groups is 1. The Morgan fingerprint density at radius 3 is 3.00 bits per heavy atom. The van der Waals surface area contributed by atoms with Gasteiger partial charge in [-0.2, -0.15) is 0 Å². The van der Waals surface area contributed by atoms with Gasteiger partial charge in [0.1, 0.15) is 5.75 Å². The first-order chi connectivity index (χ1) is 6.72. The molecule has 0 aliphatic rings. The predicted octanol–water partition coefficient (Wildman–Crippen LogP) is 1.74. The van der Waals surface area contributed by atoms with E-state index in [1.807, 2.05) is 0 Å². The van der Waals surface area contributed by atoms with Crippen LogP contribution in [0.3, 0.4) is 0 Å². The van der Waals surface area contributed by atoms with Crippen LogP contribution in [0.25, 0.3) is 0 Å². The molecule has 0 unspecified atom stereocenters. The van der Waals surface area contributed by atoms with Crippen LogP contribution in [0.5, 0.6) is 5.75 Å². The van der Waals surface area contributed by atoms with Crippen LogP contribution in [0.4, 0.5) is 5.69 Å². The smallest absolute Gasteiger partial charge is 0.225 e. The summed E-state index contributed by atoms with van der Waals surface area (Å²) in [6.07, 6.45) is 5.74. The second kappa shape index (κ2) is 4.93. The number of hydrogen-bond donors (Lipinski definition) is 2. The molecular weight excluding hydrogens is 178 g/mol. The molecule has 0 atom stereocenters. The molecule has 1 aromatic carbocycles. The highest BCUT2D eigenvalue weighted by Crippen LogP contribution is 2.15. The van der Waals surface area contributed by atoms with Crippen molar-refractivity contribution >= 4 is 11.6 Å². The lowest BCUT2D eigenvalue weighted by Gasteiger charge is -2.03. The van der Waals surface area contributed by atoms with E-state index in [9.17, 15) is 4.79 Å². The van der Waals surface area contributed by atoms with Crippen LogP contribution in [-0.4, -0.2) is 11.0 Å². The van der Waals surface area contributed by atoms with Crippen molar-refractivity contribution in [2.24, 2.45) is 0 Å². The summed E-state index contributed by atoms with van der Waals surface area (Å²) in [5.74, 6) is 2.37. The zero-order valence-corrected chi connectivity index (χ0v) is 7.66. The minimum absolute atomic E-state index is 0.125. The van der Waals surface area contributed by atoms with E-state index in [1.54, 1.807) is 12.1 Å². The van der Waals surface area contributed by atoms with Gasteiger partial charge in [0.25, 0.3) is 0 Å². The minimum atomic E-state index is -0.145. The quantitative estimate of drug-likeness (QED) is 0.711. The Balaban J connectivity index is 2.53. The highest BCUT2D eigenvalue weighted by atomic mass is 16.3. The van der Waals surface area contributed by atoms with Crippen molar-refractivity contribution in [3.05, 3.63) is 24.3 Å². The molecule has 1 amide bonds. The van der Waals surface area contributed by atoms with E-state index in [2.05, 4.69) is 11.2 Å². The summed E-state index contributed by atoms with van der Waals surface area (Å²) in [6.45, 7) is 0. The van der Waals surface area contributed by atoms with Crippen molar-refractivity contribution in [3.8, 4) is 18.1 Å². The van der Waals surface area contributed by atoms with Crippen molar-refractivity contribution in [2.75, 3.05) is 5.32 Å². The number of phenols is 1. The van der Waals surface area contributed by atoms with E-state index in [1.165, 1.54) is 12.1 Å². The van der Waals surface area contributed by atoms with Crippen LogP contribution in [0.1, 0.15) is 12.8 Å². The standard InChI is InChI=1S/C11H11NO2/c1-2-3-7-11(14)12-9-5-4-6-10(13)8-9/h1,4-6,8,13H,3,7H2,(H,12,14). The van der Waals surface area contributed by atoms with E-state index in [4.69, 9.17) is 11.5 Å². The summed E-state index contributed by atoms with van der Waals surface area (Å²) in [7, 11) is 0. The van der Waals surface area contributed by atoms with Crippen molar-refractivity contribution in [3.63, 3.8) is 0 Å². The third kappa shape index (κ3) is 3.20. The summed E-state index contributed by atoms with van der Waals surface area (Å²) < 4.78 is 0. The molecule has 3 nitrogen and oxygen atoms in total. The zero-order chi connectivity index (χ0) is 10.4. The third-order valence-electron chi connectivity index (χ3n) is 1.63. The summed E-state index contributed by atoms with van der Waals surface area (Å²) >= 11 is 0. The van der Waals surface area contributed by atoms with Crippen molar-refractivity contribution in [1.82, 2.24) is 0 Å². The Morgan fingerprint density at radius 1 is 1.57 bits per heavy atom. The van der Waals surface area contributed by atoms with E-state index < -0.39 is 0 Å². The van der Waals surface area contributed by atoms with Crippen LogP contribution in [0, 0.1) is 12.3 Å². The average Bonchev–Trinajstić information content (AvgIpc) is 2.15. The summed E-state index contributed by atoms with van der Waals surface area (Å²) in [5, 5.41) is 11.7. The van der Waals surface area contributed by atoms with Gasteiger partial charge < -0.3 is 10.4 Å². The lowest BCUT2D eigenvalue weighted by Crippen LogP contribution is -2.10. The van der Waals surface area contributed by atoms with Crippen LogP contribution in [0.2, 0.25) is 0 Å². The topological polar surface area (TPSA) is 49.3 Å². The van der Waals surface area contributed by atoms with Gasteiger partial charge in [0.15, 0.2) is 0 Å². The molecule has 0 aliphatic carbocycles. The first kappa shape index (κ1) is 10.1. The molecule has 1 aromatic rings. The Morgan fingerprint density at radius 2 is 2.36 bits per heavy atom. The number of benzene rings is 1. The number of nitrogens with one attached hydrogen (secondary N) is 1. The van der Waals surface area contributed by atoms with Crippen LogP contribution in [-0.2, 0) is 4.79 Å². The molecule has 1 rings (SSSR count). The fraction of sp³-hybridized carbons (Fsp3) is 0.182. The monoisotopic (exact) mass is 189 g/mol. The van der Waals surface area contributed by atoms with E-state index in [0.29, 0.717) is 18.5 Å². The summed E-state index contributed by atoms with van der Waals surface area (Å²) in [5.41, 5.74) is 0.576. The number of carbonyl (C=O) groups excluding carboxylic acids is 1. The SMILES string of the molecule is C#CCCC(=O)Nc1cccc(O)c1. The molecule has 0 radical (unpaired) electrons. The van der Waals surface area contributed by atoms with Gasteiger partial charge in [-0.15, -0.1) is 12.3 Å². The second-order valence-corrected chi connectivity index (χ2v) is 2.80. The Bertz CT molecular complexity index is 366. The summed E-state index contributed by atoms with van der Waals surface area (Å²) in [6, 6.07) is 6.38. The number of anilines is 1. The first-order valence-corrected chi connectivity index (χ1v) is 4.24. The van der Waals surface area contributed by atoms with Gasteiger partial charge in [0.05, 0.1) is 0 Å². The molecule has 0 aliphatic heterocycles. The second-order valence-electron chi connectivity index (χ2n) is 2.80. The van der Waals surface area contributed by atoms with E-state index in [0.717, 1.165) is 0 Å². The average molecular weight is 189 g/mol. The molecular formula is C11H11NO2. The fourth-order valence-electron chi connectivity index (χ4n) is 0.993. The number of hydrogen-bond acceptors (Lipinski definition) is 2. The number of aromatic hydroxyl groups is 1.